The van der Waals surface area contributed by atoms with Gasteiger partial charge in [-0.3, -0.25) is 13.8 Å². The lowest BCUT2D eigenvalue weighted by molar-refractivity contribution is -0.870. The summed E-state index contributed by atoms with van der Waals surface area (Å²) in [6.07, 6.45) is 36.2. The zero-order chi connectivity index (χ0) is 36.3. The van der Waals surface area contributed by atoms with Gasteiger partial charge < -0.3 is 18.9 Å². The number of esters is 1. The average molecular weight is 719 g/mol. The number of nitrogens with zero attached hydrogens (tertiary/aromatic N) is 1. The Kier molecular flexibility index (Phi) is 33.5. The Bertz CT molecular complexity index is 802. The number of phosphoric ester groups is 1. The van der Waals surface area contributed by atoms with E-state index in [4.69, 9.17) is 18.5 Å². The molecule has 0 saturated carbocycles. The third kappa shape index (κ3) is 38.1. The van der Waals surface area contributed by atoms with Gasteiger partial charge >= 0.3 is 13.8 Å². The molecule has 9 heteroatoms. The standard InChI is InChI=1S/C40H80NO7P/c1-6-8-10-12-14-16-18-19-20-21-22-24-26-28-30-32-35-45-37-39(38-47-49(43,44)46-36-34-41(3,4)5)48-40(42)33-31-29-27-25-23-17-15-13-11-9-7-2/h32,35,39H,6-31,33-34,36-38H2,1-5H3/p+1/b35-32+/t39-/m1/s1. The molecule has 0 amide bonds. The van der Waals surface area contributed by atoms with Crippen molar-refractivity contribution in [2.24, 2.45) is 0 Å². The molecule has 49 heavy (non-hydrogen) atoms. The van der Waals surface area contributed by atoms with Crippen LogP contribution in [0.15, 0.2) is 12.3 Å². The fraction of sp³-hybridized carbons (Fsp3) is 0.925. The third-order valence-electron chi connectivity index (χ3n) is 8.92. The van der Waals surface area contributed by atoms with E-state index in [1.807, 2.05) is 27.2 Å². The lowest BCUT2D eigenvalue weighted by atomic mass is 10.0. The fourth-order valence-corrected chi connectivity index (χ4v) is 6.44. The Hall–Kier alpha value is -0.920. The molecule has 0 aliphatic heterocycles. The molecule has 0 heterocycles. The van der Waals surface area contributed by atoms with Crippen molar-refractivity contribution in [3.8, 4) is 0 Å². The van der Waals surface area contributed by atoms with Crippen molar-refractivity contribution in [2.75, 3.05) is 47.5 Å². The number of carbonyl (C=O) groups is 1. The largest absolute Gasteiger partial charge is 0.498 e. The maximum atomic E-state index is 12.6. The lowest BCUT2D eigenvalue weighted by Crippen LogP contribution is -2.37. The molecule has 0 radical (unpaired) electrons. The Labute approximate surface area is 303 Å². The molecule has 0 aromatic rings. The van der Waals surface area contributed by atoms with Crippen LogP contribution in [0.2, 0.25) is 0 Å². The molecule has 0 bridgehead atoms. The minimum Gasteiger partial charge on any atom is -0.498 e. The molecule has 0 fully saturated rings. The van der Waals surface area contributed by atoms with Crippen molar-refractivity contribution in [2.45, 2.75) is 193 Å². The molecule has 0 aromatic heterocycles. The number of unbranched alkanes of at least 4 members (excludes halogenated alkanes) is 24. The van der Waals surface area contributed by atoms with E-state index in [0.29, 0.717) is 17.4 Å². The number of carbonyl (C=O) groups excluding carboxylic acids is 1. The second kappa shape index (κ2) is 34.2. The van der Waals surface area contributed by atoms with Gasteiger partial charge in [-0.1, -0.05) is 162 Å². The molecule has 1 N–H and O–H groups in total. The minimum atomic E-state index is -4.28. The maximum Gasteiger partial charge on any atom is 0.472 e. The molecule has 0 saturated heterocycles. The molecule has 0 aromatic carbocycles. The van der Waals surface area contributed by atoms with Crippen molar-refractivity contribution in [3.63, 3.8) is 0 Å². The first-order valence-electron chi connectivity index (χ1n) is 20.5. The van der Waals surface area contributed by atoms with Crippen LogP contribution in [-0.2, 0) is 27.9 Å². The van der Waals surface area contributed by atoms with Crippen molar-refractivity contribution >= 4 is 13.8 Å². The van der Waals surface area contributed by atoms with Crippen LogP contribution in [-0.4, -0.2) is 69.0 Å². The first-order chi connectivity index (χ1) is 23.6. The van der Waals surface area contributed by atoms with E-state index >= 15 is 0 Å². The van der Waals surface area contributed by atoms with Crippen LogP contribution in [0.3, 0.4) is 0 Å². The highest BCUT2D eigenvalue weighted by Crippen LogP contribution is 2.43. The second-order valence-corrected chi connectivity index (χ2v) is 16.6. The van der Waals surface area contributed by atoms with Crippen LogP contribution in [0.4, 0.5) is 0 Å². The highest BCUT2D eigenvalue weighted by molar-refractivity contribution is 7.47. The Balaban J connectivity index is 4.28. The molecule has 0 rings (SSSR count). The highest BCUT2D eigenvalue weighted by Gasteiger charge is 2.26. The SMILES string of the molecule is CCCCCCCCCCCCCCCC/C=C/OC[C@H](COP(=O)(O)OCC[N+](C)(C)C)OC(=O)CCCCCCCCCCCCC. The predicted molar refractivity (Wildman–Crippen MR) is 206 cm³/mol. The van der Waals surface area contributed by atoms with Crippen LogP contribution >= 0.6 is 7.82 Å². The maximum absolute atomic E-state index is 12.6. The fourth-order valence-electron chi connectivity index (χ4n) is 5.69. The van der Waals surface area contributed by atoms with Crippen LogP contribution in [0, 0.1) is 0 Å². The Morgan fingerprint density at radius 2 is 1.06 bits per heavy atom. The summed E-state index contributed by atoms with van der Waals surface area (Å²) in [6.45, 7) is 4.94. The Morgan fingerprint density at radius 1 is 0.633 bits per heavy atom. The van der Waals surface area contributed by atoms with E-state index < -0.39 is 13.9 Å². The van der Waals surface area contributed by atoms with Crippen LogP contribution in [0.5, 0.6) is 0 Å². The van der Waals surface area contributed by atoms with Gasteiger partial charge in [0.2, 0.25) is 0 Å². The van der Waals surface area contributed by atoms with E-state index in [-0.39, 0.29) is 25.8 Å². The monoisotopic (exact) mass is 719 g/mol. The number of ether oxygens (including phenoxy) is 2. The van der Waals surface area contributed by atoms with Gasteiger partial charge in [0.15, 0.2) is 6.10 Å². The summed E-state index contributed by atoms with van der Waals surface area (Å²) < 4.78 is 34.6. The molecule has 8 nitrogen and oxygen atoms in total. The van der Waals surface area contributed by atoms with Gasteiger partial charge in [-0.15, -0.1) is 0 Å². The van der Waals surface area contributed by atoms with E-state index in [1.165, 1.54) is 135 Å². The van der Waals surface area contributed by atoms with E-state index in [2.05, 4.69) is 13.8 Å². The first kappa shape index (κ1) is 48.1. The van der Waals surface area contributed by atoms with Crippen LogP contribution in [0.25, 0.3) is 0 Å². The highest BCUT2D eigenvalue weighted by atomic mass is 31.2. The summed E-state index contributed by atoms with van der Waals surface area (Å²) >= 11 is 0. The van der Waals surface area contributed by atoms with Crippen molar-refractivity contribution < 1.29 is 37.3 Å². The molecular formula is C40H81NO7P+. The van der Waals surface area contributed by atoms with Gasteiger partial charge in [0.05, 0.1) is 34.0 Å². The summed E-state index contributed by atoms with van der Waals surface area (Å²) in [7, 11) is 1.64. The quantitative estimate of drug-likeness (QED) is 0.0223. The second-order valence-electron chi connectivity index (χ2n) is 15.1. The molecule has 0 aliphatic rings. The summed E-state index contributed by atoms with van der Waals surface area (Å²) in [5.74, 6) is -0.335. The summed E-state index contributed by atoms with van der Waals surface area (Å²) in [4.78, 5) is 22.7. The third-order valence-corrected chi connectivity index (χ3v) is 9.91. The van der Waals surface area contributed by atoms with Gasteiger partial charge in [0, 0.05) is 6.42 Å². The number of rotatable bonds is 38. The first-order valence-corrected chi connectivity index (χ1v) is 22.0. The lowest BCUT2D eigenvalue weighted by Gasteiger charge is -2.24. The van der Waals surface area contributed by atoms with Gasteiger partial charge in [-0.25, -0.2) is 4.57 Å². The topological polar surface area (TPSA) is 91.3 Å². The van der Waals surface area contributed by atoms with E-state index in [9.17, 15) is 14.3 Å². The smallest absolute Gasteiger partial charge is 0.472 e. The molecule has 1 unspecified atom stereocenters. The summed E-state index contributed by atoms with van der Waals surface area (Å²) in [5.41, 5.74) is 0. The number of allylic oxidation sites excluding steroid dienone is 1. The molecular weight excluding hydrogens is 637 g/mol. The number of phosphoric acid groups is 1. The number of hydrogen-bond acceptors (Lipinski definition) is 6. The van der Waals surface area contributed by atoms with Gasteiger partial charge in [-0.2, -0.15) is 0 Å². The van der Waals surface area contributed by atoms with E-state index in [1.54, 1.807) is 6.26 Å². The molecule has 0 spiro atoms. The summed E-state index contributed by atoms with van der Waals surface area (Å²) in [5, 5.41) is 0. The zero-order valence-corrected chi connectivity index (χ0v) is 33.8. The normalized spacial score (nSPS) is 13.9. The number of likely N-dealkylation sites (N-methyl/N-ethyl adjacent to an activating group) is 1. The van der Waals surface area contributed by atoms with Gasteiger partial charge in [0.25, 0.3) is 0 Å². The molecule has 292 valence electrons. The number of quaternary nitrogens is 1. The molecule has 2 atom stereocenters. The van der Waals surface area contributed by atoms with Gasteiger partial charge in [0.1, 0.15) is 19.8 Å². The van der Waals surface area contributed by atoms with Crippen molar-refractivity contribution in [1.29, 1.82) is 0 Å². The van der Waals surface area contributed by atoms with Gasteiger partial charge in [-0.05, 0) is 25.3 Å². The van der Waals surface area contributed by atoms with Crippen molar-refractivity contribution in [1.82, 2.24) is 0 Å². The average Bonchev–Trinajstić information content (AvgIpc) is 3.04. The van der Waals surface area contributed by atoms with Crippen molar-refractivity contribution in [3.05, 3.63) is 12.3 Å². The van der Waals surface area contributed by atoms with Crippen LogP contribution < -0.4 is 0 Å². The zero-order valence-electron chi connectivity index (χ0n) is 32.9. The summed E-state index contributed by atoms with van der Waals surface area (Å²) in [6, 6.07) is 0. The minimum absolute atomic E-state index is 0.0537. The van der Waals surface area contributed by atoms with Crippen LogP contribution in [0.1, 0.15) is 187 Å². The predicted octanol–water partition coefficient (Wildman–Crippen LogP) is 11.8. The Morgan fingerprint density at radius 3 is 1.51 bits per heavy atom. The number of hydrogen-bond donors (Lipinski definition) is 1. The molecule has 0 aliphatic carbocycles. The van der Waals surface area contributed by atoms with E-state index in [0.717, 1.165) is 32.1 Å².